The molecule has 102 valence electrons. The Morgan fingerprint density at radius 1 is 0.765 bits per heavy atom. The summed E-state index contributed by atoms with van der Waals surface area (Å²) in [6.07, 6.45) is 9.75. The number of hydrogen-bond acceptors (Lipinski definition) is 3. The Kier molecular flexibility index (Phi) is 8.67. The van der Waals surface area contributed by atoms with Crippen LogP contribution < -0.4 is 0 Å². The van der Waals surface area contributed by atoms with Crippen LogP contribution in [0.5, 0.6) is 0 Å². The number of hydrogen-bond donors (Lipinski definition) is 1. The predicted molar refractivity (Wildman–Crippen MR) is 73.1 cm³/mol. The van der Waals surface area contributed by atoms with Gasteiger partial charge in [0.15, 0.2) is 0 Å². The van der Waals surface area contributed by atoms with Gasteiger partial charge in [-0.25, -0.2) is 0 Å². The molecule has 1 saturated heterocycles. The Hall–Kier alpha value is -0.120. The van der Waals surface area contributed by atoms with E-state index in [1.165, 1.54) is 51.5 Å². The molecule has 0 aromatic heterocycles. The maximum Gasteiger partial charge on any atom is 0.0957 e. The van der Waals surface area contributed by atoms with Gasteiger partial charge in [-0.2, -0.15) is 0 Å². The third-order valence-electron chi connectivity index (χ3n) is 3.74. The highest BCUT2D eigenvalue weighted by Crippen LogP contribution is 2.08. The number of aliphatic hydroxyl groups excluding tert-OH is 1. The molecular weight excluding hydrogens is 212 g/mol. The van der Waals surface area contributed by atoms with Gasteiger partial charge in [-0.15, -0.1) is 0 Å². The molecular formula is C14H30N2O. The van der Waals surface area contributed by atoms with Gasteiger partial charge in [-0.3, -0.25) is 4.90 Å². The molecule has 3 nitrogen and oxygen atoms in total. The van der Waals surface area contributed by atoms with E-state index in [-0.39, 0.29) is 6.73 Å². The number of nitrogens with zero attached hydrogens (tertiary/aromatic N) is 2. The van der Waals surface area contributed by atoms with Gasteiger partial charge in [-0.05, 0) is 13.0 Å². The lowest BCUT2D eigenvalue weighted by Crippen LogP contribution is -2.46. The van der Waals surface area contributed by atoms with Crippen molar-refractivity contribution in [3.8, 4) is 0 Å². The Morgan fingerprint density at radius 3 is 1.88 bits per heavy atom. The Morgan fingerprint density at radius 2 is 1.29 bits per heavy atom. The molecule has 0 unspecified atom stereocenters. The lowest BCUT2D eigenvalue weighted by atomic mass is 10.1. The van der Waals surface area contributed by atoms with E-state index < -0.39 is 0 Å². The SMILES string of the molecule is CCCCCCCCCN1CCN(CO)CC1. The van der Waals surface area contributed by atoms with E-state index in [0.717, 1.165) is 26.2 Å². The molecule has 1 rings (SSSR count). The minimum atomic E-state index is 0.227. The first kappa shape index (κ1) is 14.9. The summed E-state index contributed by atoms with van der Waals surface area (Å²) in [5.74, 6) is 0. The van der Waals surface area contributed by atoms with Crippen LogP contribution in [0.1, 0.15) is 51.9 Å². The van der Waals surface area contributed by atoms with E-state index >= 15 is 0 Å². The normalized spacial score (nSPS) is 18.7. The van der Waals surface area contributed by atoms with Crippen molar-refractivity contribution in [1.29, 1.82) is 0 Å². The number of rotatable bonds is 9. The molecule has 3 heteroatoms. The molecule has 1 aliphatic heterocycles. The highest BCUT2D eigenvalue weighted by molar-refractivity contribution is 4.69. The van der Waals surface area contributed by atoms with Crippen molar-refractivity contribution >= 4 is 0 Å². The molecule has 0 aromatic carbocycles. The van der Waals surface area contributed by atoms with Gasteiger partial charge >= 0.3 is 0 Å². The largest absolute Gasteiger partial charge is 0.381 e. The predicted octanol–water partition coefficient (Wildman–Crippen LogP) is 2.30. The molecule has 0 radical (unpaired) electrons. The van der Waals surface area contributed by atoms with Crippen LogP contribution in [-0.2, 0) is 0 Å². The second kappa shape index (κ2) is 9.86. The molecule has 0 saturated carbocycles. The molecule has 0 amide bonds. The second-order valence-electron chi connectivity index (χ2n) is 5.22. The fourth-order valence-electron chi connectivity index (χ4n) is 2.45. The molecule has 1 heterocycles. The summed E-state index contributed by atoms with van der Waals surface area (Å²) >= 11 is 0. The van der Waals surface area contributed by atoms with Crippen LogP contribution in [0.2, 0.25) is 0 Å². The van der Waals surface area contributed by atoms with Crippen molar-refractivity contribution in [3.05, 3.63) is 0 Å². The smallest absolute Gasteiger partial charge is 0.0957 e. The van der Waals surface area contributed by atoms with Crippen LogP contribution in [0, 0.1) is 0 Å². The van der Waals surface area contributed by atoms with Crippen molar-refractivity contribution < 1.29 is 5.11 Å². The summed E-state index contributed by atoms with van der Waals surface area (Å²) < 4.78 is 0. The second-order valence-corrected chi connectivity index (χ2v) is 5.22. The van der Waals surface area contributed by atoms with Crippen molar-refractivity contribution in [2.24, 2.45) is 0 Å². The molecule has 0 aliphatic carbocycles. The van der Waals surface area contributed by atoms with Crippen LogP contribution in [0.15, 0.2) is 0 Å². The van der Waals surface area contributed by atoms with Crippen LogP contribution in [-0.4, -0.2) is 54.4 Å². The van der Waals surface area contributed by atoms with Crippen LogP contribution in [0.3, 0.4) is 0 Å². The zero-order chi connectivity index (χ0) is 12.3. The first-order valence-corrected chi connectivity index (χ1v) is 7.42. The van der Waals surface area contributed by atoms with Gasteiger partial charge in [0.1, 0.15) is 0 Å². The van der Waals surface area contributed by atoms with Gasteiger partial charge in [0, 0.05) is 26.2 Å². The summed E-state index contributed by atoms with van der Waals surface area (Å²) in [7, 11) is 0. The molecule has 1 aliphatic rings. The van der Waals surface area contributed by atoms with Crippen molar-refractivity contribution in [2.75, 3.05) is 39.5 Å². The molecule has 1 N–H and O–H groups in total. The summed E-state index contributed by atoms with van der Waals surface area (Å²) in [5, 5.41) is 9.00. The van der Waals surface area contributed by atoms with Crippen LogP contribution in [0.4, 0.5) is 0 Å². The zero-order valence-electron chi connectivity index (χ0n) is 11.5. The van der Waals surface area contributed by atoms with E-state index in [4.69, 9.17) is 5.11 Å². The van der Waals surface area contributed by atoms with Crippen molar-refractivity contribution in [1.82, 2.24) is 9.80 Å². The third kappa shape index (κ3) is 7.02. The standard InChI is InChI=1S/C14H30N2O/c1-2-3-4-5-6-7-8-9-15-10-12-16(14-17)13-11-15/h17H,2-14H2,1H3. The van der Waals surface area contributed by atoms with Crippen molar-refractivity contribution in [3.63, 3.8) is 0 Å². The highest BCUT2D eigenvalue weighted by atomic mass is 16.3. The lowest BCUT2D eigenvalue weighted by Gasteiger charge is -2.33. The average molecular weight is 242 g/mol. The van der Waals surface area contributed by atoms with Gasteiger partial charge in [0.25, 0.3) is 0 Å². The summed E-state index contributed by atoms with van der Waals surface area (Å²) in [4.78, 5) is 4.65. The van der Waals surface area contributed by atoms with Gasteiger partial charge in [0.05, 0.1) is 6.73 Å². The lowest BCUT2D eigenvalue weighted by molar-refractivity contribution is 0.0538. The minimum Gasteiger partial charge on any atom is -0.381 e. The zero-order valence-corrected chi connectivity index (χ0v) is 11.5. The van der Waals surface area contributed by atoms with E-state index in [9.17, 15) is 0 Å². The maximum atomic E-state index is 9.00. The monoisotopic (exact) mass is 242 g/mol. The fourth-order valence-corrected chi connectivity index (χ4v) is 2.45. The number of unbranched alkanes of at least 4 members (excludes halogenated alkanes) is 6. The van der Waals surface area contributed by atoms with E-state index in [1.54, 1.807) is 0 Å². The van der Waals surface area contributed by atoms with E-state index in [2.05, 4.69) is 16.7 Å². The van der Waals surface area contributed by atoms with E-state index in [1.807, 2.05) is 0 Å². The Bertz CT molecular complexity index is 168. The van der Waals surface area contributed by atoms with Crippen LogP contribution >= 0.6 is 0 Å². The first-order valence-electron chi connectivity index (χ1n) is 7.42. The van der Waals surface area contributed by atoms with Crippen LogP contribution in [0.25, 0.3) is 0 Å². The quantitative estimate of drug-likeness (QED) is 0.629. The molecule has 0 aromatic rings. The fraction of sp³-hybridized carbons (Fsp3) is 1.00. The molecule has 17 heavy (non-hydrogen) atoms. The minimum absolute atomic E-state index is 0.227. The topological polar surface area (TPSA) is 26.7 Å². The van der Waals surface area contributed by atoms with Gasteiger partial charge < -0.3 is 10.0 Å². The Labute approximate surface area is 107 Å². The molecule has 0 spiro atoms. The van der Waals surface area contributed by atoms with E-state index in [0.29, 0.717) is 0 Å². The van der Waals surface area contributed by atoms with Gasteiger partial charge in [0.2, 0.25) is 0 Å². The molecule has 0 bridgehead atoms. The number of aliphatic hydroxyl groups is 1. The Balaban J connectivity index is 1.87. The van der Waals surface area contributed by atoms with Crippen molar-refractivity contribution in [2.45, 2.75) is 51.9 Å². The third-order valence-corrected chi connectivity index (χ3v) is 3.74. The van der Waals surface area contributed by atoms with Gasteiger partial charge in [-0.1, -0.05) is 45.4 Å². The summed E-state index contributed by atoms with van der Waals surface area (Å²) in [6, 6.07) is 0. The first-order chi connectivity index (χ1) is 8.36. The summed E-state index contributed by atoms with van der Waals surface area (Å²) in [6.45, 7) is 8.09. The summed E-state index contributed by atoms with van der Waals surface area (Å²) in [5.41, 5.74) is 0. The maximum absolute atomic E-state index is 9.00. The highest BCUT2D eigenvalue weighted by Gasteiger charge is 2.14. The molecule has 0 atom stereocenters. The average Bonchev–Trinajstić information content (AvgIpc) is 2.38. The number of piperazine rings is 1. The molecule has 1 fully saturated rings.